The van der Waals surface area contributed by atoms with Gasteiger partial charge in [0.25, 0.3) is 0 Å². The van der Waals surface area contributed by atoms with Crippen LogP contribution in [0, 0.1) is 23.7 Å². The molecule has 0 N–H and O–H groups in total. The van der Waals surface area contributed by atoms with Gasteiger partial charge < -0.3 is 0 Å². The van der Waals surface area contributed by atoms with Crippen molar-refractivity contribution in [2.24, 2.45) is 23.7 Å². The number of allylic oxidation sites excluding steroid dienone is 3. The first-order chi connectivity index (χ1) is 7.09. The van der Waals surface area contributed by atoms with Crippen molar-refractivity contribution in [3.05, 3.63) is 23.8 Å². The maximum absolute atomic E-state index is 4.29. The summed E-state index contributed by atoms with van der Waals surface area (Å²) in [6, 6.07) is 0. The maximum Gasteiger partial charge on any atom is -0.0137 e. The number of rotatable bonds is 1. The fourth-order valence-corrected chi connectivity index (χ4v) is 3.60. The Morgan fingerprint density at radius 2 is 2.13 bits per heavy atom. The quantitative estimate of drug-likeness (QED) is 0.548. The molecular formula is C15H24. The number of hydrogen-bond donors (Lipinski definition) is 0. The summed E-state index contributed by atoms with van der Waals surface area (Å²) in [7, 11) is 0. The molecule has 0 saturated heterocycles. The van der Waals surface area contributed by atoms with E-state index in [1.807, 2.05) is 0 Å². The molecule has 0 amide bonds. The van der Waals surface area contributed by atoms with Crippen molar-refractivity contribution >= 4 is 0 Å². The predicted octanol–water partition coefficient (Wildman–Crippen LogP) is 4.58. The summed E-state index contributed by atoms with van der Waals surface area (Å²) in [5.41, 5.74) is 3.14. The molecule has 0 heteroatoms. The van der Waals surface area contributed by atoms with E-state index in [0.29, 0.717) is 0 Å². The highest BCUT2D eigenvalue weighted by atomic mass is 14.4. The lowest BCUT2D eigenvalue weighted by Gasteiger charge is -2.44. The van der Waals surface area contributed by atoms with Crippen LogP contribution in [-0.4, -0.2) is 0 Å². The molecule has 3 unspecified atom stereocenters. The van der Waals surface area contributed by atoms with Crippen LogP contribution in [-0.2, 0) is 0 Å². The lowest BCUT2D eigenvalue weighted by atomic mass is 9.61. The number of hydrogen-bond acceptors (Lipinski definition) is 0. The minimum Gasteiger partial charge on any atom is -0.0996 e. The zero-order chi connectivity index (χ0) is 11.0. The Balaban J connectivity index is 2.20. The number of fused-ring (bicyclic) bond motifs is 1. The van der Waals surface area contributed by atoms with Gasteiger partial charge in [-0.1, -0.05) is 37.6 Å². The zero-order valence-electron chi connectivity index (χ0n) is 10.4. The highest BCUT2D eigenvalue weighted by Crippen LogP contribution is 2.47. The highest BCUT2D eigenvalue weighted by molar-refractivity contribution is 5.17. The van der Waals surface area contributed by atoms with E-state index in [2.05, 4.69) is 33.4 Å². The van der Waals surface area contributed by atoms with Gasteiger partial charge in [0, 0.05) is 0 Å². The van der Waals surface area contributed by atoms with Crippen LogP contribution in [0.2, 0.25) is 0 Å². The molecule has 2 aliphatic carbocycles. The molecule has 0 radical (unpaired) electrons. The molecule has 2 aliphatic rings. The molecular weight excluding hydrogens is 180 g/mol. The topological polar surface area (TPSA) is 0 Å². The molecule has 2 rings (SSSR count). The van der Waals surface area contributed by atoms with Crippen LogP contribution in [0.3, 0.4) is 0 Å². The van der Waals surface area contributed by atoms with Gasteiger partial charge in [-0.15, -0.1) is 0 Å². The molecule has 15 heavy (non-hydrogen) atoms. The Morgan fingerprint density at radius 3 is 2.80 bits per heavy atom. The van der Waals surface area contributed by atoms with E-state index in [1.54, 1.807) is 5.57 Å². The second-order valence-corrected chi connectivity index (χ2v) is 5.87. The normalized spacial score (nSPS) is 36.4. The van der Waals surface area contributed by atoms with Crippen molar-refractivity contribution in [3.63, 3.8) is 0 Å². The summed E-state index contributed by atoms with van der Waals surface area (Å²) >= 11 is 0. The fourth-order valence-electron chi connectivity index (χ4n) is 3.60. The van der Waals surface area contributed by atoms with Crippen LogP contribution in [0.4, 0.5) is 0 Å². The first-order valence-electron chi connectivity index (χ1n) is 6.43. The van der Waals surface area contributed by atoms with E-state index >= 15 is 0 Å². The van der Waals surface area contributed by atoms with E-state index in [1.165, 1.54) is 31.3 Å². The maximum atomic E-state index is 4.29. The van der Waals surface area contributed by atoms with Crippen LogP contribution >= 0.6 is 0 Å². The molecule has 0 aromatic rings. The van der Waals surface area contributed by atoms with E-state index in [4.69, 9.17) is 0 Å². The summed E-state index contributed by atoms with van der Waals surface area (Å²) < 4.78 is 0. The van der Waals surface area contributed by atoms with Crippen molar-refractivity contribution in [3.8, 4) is 0 Å². The molecule has 0 spiro atoms. The predicted molar refractivity (Wildman–Crippen MR) is 66.7 cm³/mol. The smallest absolute Gasteiger partial charge is 0.0137 e. The first-order valence-corrected chi connectivity index (χ1v) is 6.43. The Hall–Kier alpha value is -0.520. The minimum atomic E-state index is 0.801. The van der Waals surface area contributed by atoms with Gasteiger partial charge in [0.1, 0.15) is 0 Å². The van der Waals surface area contributed by atoms with Crippen molar-refractivity contribution in [1.82, 2.24) is 0 Å². The summed E-state index contributed by atoms with van der Waals surface area (Å²) in [5, 5.41) is 0. The third-order valence-electron chi connectivity index (χ3n) is 4.52. The summed E-state index contributed by atoms with van der Waals surface area (Å²) in [5.74, 6) is 3.48. The van der Waals surface area contributed by atoms with E-state index in [-0.39, 0.29) is 0 Å². The van der Waals surface area contributed by atoms with E-state index in [9.17, 15) is 0 Å². The average molecular weight is 204 g/mol. The zero-order valence-corrected chi connectivity index (χ0v) is 10.4. The Bertz CT molecular complexity index is 282. The lowest BCUT2D eigenvalue weighted by molar-refractivity contribution is 0.146. The van der Waals surface area contributed by atoms with Crippen molar-refractivity contribution in [2.45, 2.75) is 46.5 Å². The van der Waals surface area contributed by atoms with Gasteiger partial charge in [0.05, 0.1) is 0 Å². The Kier molecular flexibility index (Phi) is 3.04. The molecule has 0 aromatic heterocycles. The largest absolute Gasteiger partial charge is 0.0996 e. The van der Waals surface area contributed by atoms with Crippen LogP contribution < -0.4 is 0 Å². The monoisotopic (exact) mass is 204 g/mol. The Labute approximate surface area is 94.5 Å². The molecule has 0 aliphatic heterocycles. The van der Waals surface area contributed by atoms with Gasteiger partial charge >= 0.3 is 0 Å². The second kappa shape index (κ2) is 4.15. The summed E-state index contributed by atoms with van der Waals surface area (Å²) in [4.78, 5) is 0. The molecule has 84 valence electrons. The van der Waals surface area contributed by atoms with Crippen molar-refractivity contribution in [1.29, 1.82) is 0 Å². The van der Waals surface area contributed by atoms with Gasteiger partial charge in [-0.3, -0.25) is 0 Å². The molecule has 1 fully saturated rings. The molecule has 0 bridgehead atoms. The molecule has 0 nitrogen and oxygen atoms in total. The van der Waals surface area contributed by atoms with Gasteiger partial charge in [0.15, 0.2) is 0 Å². The van der Waals surface area contributed by atoms with Gasteiger partial charge in [0.2, 0.25) is 0 Å². The van der Waals surface area contributed by atoms with E-state index in [0.717, 1.165) is 23.7 Å². The molecule has 3 atom stereocenters. The van der Waals surface area contributed by atoms with Crippen molar-refractivity contribution < 1.29 is 0 Å². The Morgan fingerprint density at radius 1 is 1.40 bits per heavy atom. The molecule has 0 heterocycles. The third-order valence-corrected chi connectivity index (χ3v) is 4.52. The van der Waals surface area contributed by atoms with E-state index < -0.39 is 0 Å². The second-order valence-electron chi connectivity index (χ2n) is 5.87. The first kappa shape index (κ1) is 11.0. The SMILES string of the molecule is C=C1CCC(C(C)C)C2CC(C)=CCC12. The van der Waals surface area contributed by atoms with Gasteiger partial charge in [-0.25, -0.2) is 0 Å². The van der Waals surface area contributed by atoms with Crippen LogP contribution in [0.1, 0.15) is 46.5 Å². The molecule has 0 aromatic carbocycles. The summed E-state index contributed by atoms with van der Waals surface area (Å²) in [6.07, 6.45) is 7.68. The summed E-state index contributed by atoms with van der Waals surface area (Å²) in [6.45, 7) is 11.4. The third kappa shape index (κ3) is 2.04. The lowest BCUT2D eigenvalue weighted by Crippen LogP contribution is -2.34. The van der Waals surface area contributed by atoms with Crippen LogP contribution in [0.5, 0.6) is 0 Å². The average Bonchev–Trinajstić information content (AvgIpc) is 2.17. The fraction of sp³-hybridized carbons (Fsp3) is 0.733. The molecule has 1 saturated carbocycles. The standard InChI is InChI=1S/C15H24/c1-10(2)13-8-6-12(4)14-7-5-11(3)9-15(13)14/h5,10,13-15H,4,6-9H2,1-3H3. The highest BCUT2D eigenvalue weighted by Gasteiger charge is 2.37. The van der Waals surface area contributed by atoms with Gasteiger partial charge in [-0.05, 0) is 56.3 Å². The van der Waals surface area contributed by atoms with Crippen LogP contribution in [0.25, 0.3) is 0 Å². The minimum absolute atomic E-state index is 0.801. The van der Waals surface area contributed by atoms with Crippen LogP contribution in [0.15, 0.2) is 23.8 Å². The van der Waals surface area contributed by atoms with Crippen molar-refractivity contribution in [2.75, 3.05) is 0 Å². The van der Waals surface area contributed by atoms with Gasteiger partial charge in [-0.2, -0.15) is 0 Å².